The Hall–Kier alpha value is -3.51. The first-order valence-corrected chi connectivity index (χ1v) is 9.66. The van der Waals surface area contributed by atoms with Crippen LogP contribution in [0.3, 0.4) is 0 Å². The Labute approximate surface area is 178 Å². The second kappa shape index (κ2) is 8.08. The fourth-order valence-corrected chi connectivity index (χ4v) is 3.34. The number of aromatic nitrogens is 3. The van der Waals surface area contributed by atoms with Crippen LogP contribution in [0.2, 0.25) is 5.02 Å². The minimum Gasteiger partial charge on any atom is -0.319 e. The molecule has 0 atom stereocenters. The summed E-state index contributed by atoms with van der Waals surface area (Å²) >= 11 is 6.17. The van der Waals surface area contributed by atoms with Gasteiger partial charge >= 0.3 is 0 Å². The SMILES string of the molecule is Cc1ccc(-n2nc(C(=O)Nc3ccc(F)cc3)nc2-c2cccc(Cl)c2)c(C)c1. The standard InChI is InChI=1S/C23H18ClFN4O/c1-14-6-11-20(15(2)12-14)29-22(16-4-3-5-17(24)13-16)27-21(28-29)23(30)26-19-9-7-18(25)8-10-19/h3-13H,1-2H3,(H,26,30). The molecule has 0 radical (unpaired) electrons. The van der Waals surface area contributed by atoms with Crippen molar-refractivity contribution in [2.24, 2.45) is 0 Å². The van der Waals surface area contributed by atoms with Gasteiger partial charge in [-0.1, -0.05) is 41.4 Å². The number of rotatable bonds is 4. The Morgan fingerprint density at radius 1 is 1.03 bits per heavy atom. The van der Waals surface area contributed by atoms with E-state index in [1.165, 1.54) is 24.3 Å². The Morgan fingerprint density at radius 3 is 2.50 bits per heavy atom. The van der Waals surface area contributed by atoms with E-state index in [9.17, 15) is 9.18 Å². The number of hydrogen-bond donors (Lipinski definition) is 1. The maximum atomic E-state index is 13.1. The molecular weight excluding hydrogens is 403 g/mol. The molecule has 7 heteroatoms. The number of hydrogen-bond acceptors (Lipinski definition) is 3. The number of amides is 1. The van der Waals surface area contributed by atoms with Crippen molar-refractivity contribution in [3.05, 3.63) is 94.5 Å². The van der Waals surface area contributed by atoms with Crippen molar-refractivity contribution in [1.29, 1.82) is 0 Å². The topological polar surface area (TPSA) is 59.8 Å². The molecule has 30 heavy (non-hydrogen) atoms. The maximum absolute atomic E-state index is 13.1. The molecule has 5 nitrogen and oxygen atoms in total. The third kappa shape index (κ3) is 4.09. The van der Waals surface area contributed by atoms with Gasteiger partial charge in [-0.2, -0.15) is 0 Å². The van der Waals surface area contributed by atoms with Gasteiger partial charge in [-0.05, 0) is 61.9 Å². The molecule has 1 amide bonds. The number of nitrogens with one attached hydrogen (secondary N) is 1. The van der Waals surface area contributed by atoms with Crippen molar-refractivity contribution in [3.8, 4) is 17.1 Å². The average Bonchev–Trinajstić information content (AvgIpc) is 3.15. The zero-order valence-corrected chi connectivity index (χ0v) is 17.1. The van der Waals surface area contributed by atoms with Gasteiger partial charge in [-0.25, -0.2) is 14.1 Å². The van der Waals surface area contributed by atoms with Gasteiger partial charge in [-0.15, -0.1) is 5.10 Å². The van der Waals surface area contributed by atoms with Crippen LogP contribution in [0.5, 0.6) is 0 Å². The van der Waals surface area contributed by atoms with E-state index in [0.717, 1.165) is 22.4 Å². The third-order valence-corrected chi connectivity index (χ3v) is 4.81. The summed E-state index contributed by atoms with van der Waals surface area (Å²) in [4.78, 5) is 17.2. The summed E-state index contributed by atoms with van der Waals surface area (Å²) in [7, 11) is 0. The van der Waals surface area contributed by atoms with E-state index < -0.39 is 5.91 Å². The molecular formula is C23H18ClFN4O. The number of benzene rings is 3. The maximum Gasteiger partial charge on any atom is 0.295 e. The molecule has 0 fully saturated rings. The van der Waals surface area contributed by atoms with E-state index in [-0.39, 0.29) is 11.6 Å². The molecule has 0 saturated carbocycles. The molecule has 3 aromatic carbocycles. The van der Waals surface area contributed by atoms with Gasteiger partial charge < -0.3 is 5.32 Å². The highest BCUT2D eigenvalue weighted by molar-refractivity contribution is 6.30. The van der Waals surface area contributed by atoms with E-state index in [1.54, 1.807) is 16.8 Å². The molecule has 0 bridgehead atoms. The second-order valence-corrected chi connectivity index (χ2v) is 7.37. The highest BCUT2D eigenvalue weighted by Crippen LogP contribution is 2.26. The van der Waals surface area contributed by atoms with Crippen molar-refractivity contribution in [1.82, 2.24) is 14.8 Å². The van der Waals surface area contributed by atoms with Crippen molar-refractivity contribution >= 4 is 23.2 Å². The lowest BCUT2D eigenvalue weighted by molar-refractivity contribution is 0.101. The third-order valence-electron chi connectivity index (χ3n) is 4.58. The fourth-order valence-electron chi connectivity index (χ4n) is 3.15. The zero-order valence-electron chi connectivity index (χ0n) is 16.4. The number of nitrogens with zero attached hydrogens (tertiary/aromatic N) is 3. The van der Waals surface area contributed by atoms with Crippen LogP contribution in [0.4, 0.5) is 10.1 Å². The molecule has 0 aliphatic carbocycles. The van der Waals surface area contributed by atoms with E-state index in [4.69, 9.17) is 11.6 Å². The highest BCUT2D eigenvalue weighted by atomic mass is 35.5. The molecule has 4 rings (SSSR count). The molecule has 0 aliphatic rings. The van der Waals surface area contributed by atoms with Crippen LogP contribution in [-0.4, -0.2) is 20.7 Å². The van der Waals surface area contributed by atoms with E-state index in [0.29, 0.717) is 16.5 Å². The average molecular weight is 421 g/mol. The monoisotopic (exact) mass is 420 g/mol. The lowest BCUT2D eigenvalue weighted by Gasteiger charge is -2.10. The van der Waals surface area contributed by atoms with Crippen LogP contribution < -0.4 is 5.32 Å². The Balaban J connectivity index is 1.79. The lowest BCUT2D eigenvalue weighted by Crippen LogP contribution is -2.14. The number of carbonyl (C=O) groups is 1. The first-order valence-electron chi connectivity index (χ1n) is 9.28. The quantitative estimate of drug-likeness (QED) is 0.467. The lowest BCUT2D eigenvalue weighted by atomic mass is 10.1. The van der Waals surface area contributed by atoms with Crippen LogP contribution in [0.1, 0.15) is 21.7 Å². The first kappa shape index (κ1) is 19.8. The summed E-state index contributed by atoms with van der Waals surface area (Å²) in [5.41, 5.74) is 4.11. The summed E-state index contributed by atoms with van der Waals surface area (Å²) in [6.07, 6.45) is 0. The van der Waals surface area contributed by atoms with E-state index >= 15 is 0 Å². The molecule has 0 spiro atoms. The number of carbonyl (C=O) groups excluding carboxylic acids is 1. The largest absolute Gasteiger partial charge is 0.319 e. The second-order valence-electron chi connectivity index (χ2n) is 6.93. The van der Waals surface area contributed by atoms with Gasteiger partial charge in [0, 0.05) is 16.3 Å². The molecule has 150 valence electrons. The molecule has 0 aliphatic heterocycles. The number of halogens is 2. The first-order chi connectivity index (χ1) is 14.4. The fraction of sp³-hybridized carbons (Fsp3) is 0.0870. The van der Waals surface area contributed by atoms with Gasteiger partial charge in [0.15, 0.2) is 5.82 Å². The van der Waals surface area contributed by atoms with Crippen molar-refractivity contribution in [2.75, 3.05) is 5.32 Å². The molecule has 0 saturated heterocycles. The predicted molar refractivity (Wildman–Crippen MR) is 116 cm³/mol. The van der Waals surface area contributed by atoms with Crippen LogP contribution >= 0.6 is 11.6 Å². The number of anilines is 1. The summed E-state index contributed by atoms with van der Waals surface area (Å²) in [6, 6.07) is 18.7. The van der Waals surface area contributed by atoms with Crippen molar-refractivity contribution in [2.45, 2.75) is 13.8 Å². The summed E-state index contributed by atoms with van der Waals surface area (Å²) in [5.74, 6) is -0.384. The smallest absolute Gasteiger partial charge is 0.295 e. The molecule has 1 heterocycles. The normalized spacial score (nSPS) is 10.8. The van der Waals surface area contributed by atoms with Gasteiger partial charge in [0.05, 0.1) is 5.69 Å². The van der Waals surface area contributed by atoms with Gasteiger partial charge in [0.2, 0.25) is 5.82 Å². The highest BCUT2D eigenvalue weighted by Gasteiger charge is 2.20. The number of aryl methyl sites for hydroxylation is 2. The van der Waals surface area contributed by atoms with Crippen molar-refractivity contribution < 1.29 is 9.18 Å². The van der Waals surface area contributed by atoms with Gasteiger partial charge in [0.1, 0.15) is 5.82 Å². The summed E-state index contributed by atoms with van der Waals surface area (Å²) in [5, 5.41) is 7.72. The van der Waals surface area contributed by atoms with Crippen LogP contribution in [-0.2, 0) is 0 Å². The van der Waals surface area contributed by atoms with Gasteiger partial charge in [0.25, 0.3) is 5.91 Å². The van der Waals surface area contributed by atoms with E-state index in [1.807, 2.05) is 44.2 Å². The zero-order chi connectivity index (χ0) is 21.3. The Bertz CT molecular complexity index is 1230. The molecule has 4 aromatic rings. The Morgan fingerprint density at radius 2 is 1.80 bits per heavy atom. The molecule has 1 aromatic heterocycles. The molecule has 0 unspecified atom stereocenters. The Kier molecular flexibility index (Phi) is 5.33. The van der Waals surface area contributed by atoms with Crippen molar-refractivity contribution in [3.63, 3.8) is 0 Å². The predicted octanol–water partition coefficient (Wildman–Crippen LogP) is 5.60. The van der Waals surface area contributed by atoms with Crippen LogP contribution in [0.25, 0.3) is 17.1 Å². The van der Waals surface area contributed by atoms with Crippen LogP contribution in [0.15, 0.2) is 66.7 Å². The van der Waals surface area contributed by atoms with E-state index in [2.05, 4.69) is 15.4 Å². The van der Waals surface area contributed by atoms with Gasteiger partial charge in [-0.3, -0.25) is 4.79 Å². The molecule has 1 N–H and O–H groups in total. The van der Waals surface area contributed by atoms with Crippen LogP contribution in [0, 0.1) is 19.7 Å². The summed E-state index contributed by atoms with van der Waals surface area (Å²) in [6.45, 7) is 3.99. The minimum absolute atomic E-state index is 0.00530. The minimum atomic E-state index is -0.492. The summed E-state index contributed by atoms with van der Waals surface area (Å²) < 4.78 is 14.8.